The Balaban J connectivity index is 2.00. The zero-order chi connectivity index (χ0) is 18.4. The first-order chi connectivity index (χ1) is 12.0. The number of allylic oxidation sites excluding steroid dienone is 1. The van der Waals surface area contributed by atoms with E-state index in [0.717, 1.165) is 39.6 Å². The zero-order valence-electron chi connectivity index (χ0n) is 15.2. The summed E-state index contributed by atoms with van der Waals surface area (Å²) in [6, 6.07) is 4.04. The molecule has 1 aromatic heterocycles. The Kier molecular flexibility index (Phi) is 6.00. The van der Waals surface area contributed by atoms with Crippen LogP contribution < -0.4 is 16.0 Å². The van der Waals surface area contributed by atoms with E-state index in [-0.39, 0.29) is 0 Å². The van der Waals surface area contributed by atoms with Crippen LogP contribution in [0, 0.1) is 6.92 Å². The van der Waals surface area contributed by atoms with Gasteiger partial charge in [0, 0.05) is 49.5 Å². The first-order valence-corrected chi connectivity index (χ1v) is 8.09. The van der Waals surface area contributed by atoms with Crippen molar-refractivity contribution in [2.45, 2.75) is 13.5 Å². The molecule has 132 valence electrons. The van der Waals surface area contributed by atoms with E-state index in [2.05, 4.69) is 51.8 Å². The summed E-state index contributed by atoms with van der Waals surface area (Å²) in [6.07, 6.45) is 3.58. The van der Waals surface area contributed by atoms with Gasteiger partial charge in [0.05, 0.1) is 24.2 Å². The number of pyridine rings is 1. The van der Waals surface area contributed by atoms with E-state index < -0.39 is 0 Å². The van der Waals surface area contributed by atoms with E-state index >= 15 is 0 Å². The molecule has 0 bridgehead atoms. The van der Waals surface area contributed by atoms with Crippen LogP contribution in [0.5, 0.6) is 0 Å². The molecule has 1 aliphatic rings. The minimum atomic E-state index is 0.525. The number of likely N-dealkylation sites (N-methyl/N-ethyl adjacent to an activating group) is 1. The van der Waals surface area contributed by atoms with E-state index in [0.29, 0.717) is 13.1 Å². The van der Waals surface area contributed by atoms with Gasteiger partial charge in [-0.15, -0.1) is 0 Å². The van der Waals surface area contributed by atoms with Gasteiger partial charge in [-0.1, -0.05) is 19.7 Å². The number of hydrogen-bond donors (Lipinski definition) is 3. The Labute approximate surface area is 149 Å². The number of nitrogens with one attached hydrogen (secondary N) is 3. The molecule has 0 aliphatic carbocycles. The summed E-state index contributed by atoms with van der Waals surface area (Å²) in [5.41, 5.74) is 6.37. The predicted molar refractivity (Wildman–Crippen MR) is 104 cm³/mol. The molecule has 2 rings (SSSR count). The SMILES string of the molecule is C=C(CN1N=CC(NC)=C(C(=C)NC)C1=C)NCc1ccnc(C)c1. The highest BCUT2D eigenvalue weighted by molar-refractivity contribution is 5.83. The number of nitrogens with zero attached hydrogens (tertiary/aromatic N) is 3. The topological polar surface area (TPSA) is 64.6 Å². The first-order valence-electron chi connectivity index (χ1n) is 8.09. The third-order valence-electron chi connectivity index (χ3n) is 3.91. The Bertz CT molecular complexity index is 744. The normalized spacial score (nSPS) is 13.7. The molecule has 0 saturated carbocycles. The Hall–Kier alpha value is -3.02. The molecule has 0 saturated heterocycles. The molecule has 1 aromatic rings. The van der Waals surface area contributed by atoms with Crippen LogP contribution in [0.4, 0.5) is 0 Å². The summed E-state index contributed by atoms with van der Waals surface area (Å²) in [6.45, 7) is 15.5. The van der Waals surface area contributed by atoms with Crippen molar-refractivity contribution in [3.05, 3.63) is 77.7 Å². The second-order valence-electron chi connectivity index (χ2n) is 5.78. The average molecular weight is 338 g/mol. The fraction of sp³-hybridized carbons (Fsp3) is 0.263. The summed E-state index contributed by atoms with van der Waals surface area (Å²) in [5, 5.41) is 15.8. The minimum absolute atomic E-state index is 0.525. The number of hydrogen-bond acceptors (Lipinski definition) is 6. The molecule has 3 N–H and O–H groups in total. The quantitative estimate of drug-likeness (QED) is 0.677. The van der Waals surface area contributed by atoms with E-state index in [4.69, 9.17) is 0 Å². The minimum Gasteiger partial charge on any atom is -0.388 e. The van der Waals surface area contributed by atoms with Crippen LogP contribution in [0.1, 0.15) is 11.3 Å². The molecule has 6 nitrogen and oxygen atoms in total. The number of aromatic nitrogens is 1. The van der Waals surface area contributed by atoms with Gasteiger partial charge in [-0.2, -0.15) is 5.10 Å². The van der Waals surface area contributed by atoms with Crippen LogP contribution in [0.25, 0.3) is 0 Å². The molecular formula is C19H26N6. The van der Waals surface area contributed by atoms with Crippen LogP contribution >= 0.6 is 0 Å². The largest absolute Gasteiger partial charge is 0.388 e. The summed E-state index contributed by atoms with van der Waals surface area (Å²) in [4.78, 5) is 4.20. The maximum absolute atomic E-state index is 4.45. The lowest BCUT2D eigenvalue weighted by atomic mass is 10.1. The third-order valence-corrected chi connectivity index (χ3v) is 3.91. The van der Waals surface area contributed by atoms with Crippen LogP contribution in [-0.2, 0) is 6.54 Å². The molecule has 0 aromatic carbocycles. The van der Waals surface area contributed by atoms with E-state index in [1.807, 2.05) is 38.3 Å². The van der Waals surface area contributed by atoms with Crippen LogP contribution in [-0.4, -0.2) is 36.8 Å². The van der Waals surface area contributed by atoms with Gasteiger partial charge in [0.15, 0.2) is 0 Å². The summed E-state index contributed by atoms with van der Waals surface area (Å²) in [7, 11) is 3.69. The smallest absolute Gasteiger partial charge is 0.0806 e. The molecule has 0 fully saturated rings. The fourth-order valence-electron chi connectivity index (χ4n) is 2.51. The molecule has 1 aliphatic heterocycles. The standard InChI is InChI=1S/C19H26N6/c1-13-9-17(7-8-22-13)10-23-14(2)12-25-16(4)19(15(3)20-5)18(21-6)11-24-25/h7-9,11,20-21,23H,2-4,10,12H2,1,5-6H3. The first kappa shape index (κ1) is 18.3. The van der Waals surface area contributed by atoms with E-state index in [1.165, 1.54) is 0 Å². The van der Waals surface area contributed by atoms with Crippen molar-refractivity contribution in [1.29, 1.82) is 0 Å². The Morgan fingerprint density at radius 3 is 2.68 bits per heavy atom. The van der Waals surface area contributed by atoms with Gasteiger partial charge in [-0.3, -0.25) is 9.99 Å². The van der Waals surface area contributed by atoms with Gasteiger partial charge >= 0.3 is 0 Å². The van der Waals surface area contributed by atoms with Crippen molar-refractivity contribution < 1.29 is 0 Å². The van der Waals surface area contributed by atoms with Crippen LogP contribution in [0.15, 0.2) is 71.5 Å². The summed E-state index contributed by atoms with van der Waals surface area (Å²) in [5.74, 6) is 0. The number of aryl methyl sites for hydroxylation is 1. The van der Waals surface area contributed by atoms with Gasteiger partial charge in [-0.05, 0) is 24.6 Å². The Morgan fingerprint density at radius 2 is 2.04 bits per heavy atom. The van der Waals surface area contributed by atoms with Crippen LogP contribution in [0.2, 0.25) is 0 Å². The third kappa shape index (κ3) is 4.50. The Morgan fingerprint density at radius 1 is 1.28 bits per heavy atom. The molecule has 0 radical (unpaired) electrons. The number of rotatable bonds is 8. The van der Waals surface area contributed by atoms with Gasteiger partial charge < -0.3 is 16.0 Å². The maximum atomic E-state index is 4.45. The molecule has 25 heavy (non-hydrogen) atoms. The second-order valence-corrected chi connectivity index (χ2v) is 5.78. The highest BCUT2D eigenvalue weighted by atomic mass is 15.5. The fourth-order valence-corrected chi connectivity index (χ4v) is 2.51. The second kappa shape index (κ2) is 8.19. The molecule has 2 heterocycles. The van der Waals surface area contributed by atoms with E-state index in [9.17, 15) is 0 Å². The number of hydrazone groups is 1. The molecule has 0 spiro atoms. The predicted octanol–water partition coefficient (Wildman–Crippen LogP) is 2.02. The van der Waals surface area contributed by atoms with Crippen molar-refractivity contribution >= 4 is 6.21 Å². The summed E-state index contributed by atoms with van der Waals surface area (Å²) < 4.78 is 0. The van der Waals surface area contributed by atoms with Gasteiger partial charge in [-0.25, -0.2) is 0 Å². The van der Waals surface area contributed by atoms with Crippen molar-refractivity contribution in [3.8, 4) is 0 Å². The highest BCUT2D eigenvalue weighted by Gasteiger charge is 2.21. The molecule has 0 unspecified atom stereocenters. The molecule has 6 heteroatoms. The van der Waals surface area contributed by atoms with Gasteiger partial charge in [0.25, 0.3) is 0 Å². The molecular weight excluding hydrogens is 312 g/mol. The molecule has 0 amide bonds. The van der Waals surface area contributed by atoms with Crippen molar-refractivity contribution in [2.75, 3.05) is 20.6 Å². The monoisotopic (exact) mass is 338 g/mol. The van der Waals surface area contributed by atoms with Crippen LogP contribution in [0.3, 0.4) is 0 Å². The van der Waals surface area contributed by atoms with Crippen molar-refractivity contribution in [2.24, 2.45) is 5.10 Å². The van der Waals surface area contributed by atoms with E-state index in [1.54, 1.807) is 6.21 Å². The van der Waals surface area contributed by atoms with Crippen molar-refractivity contribution in [3.63, 3.8) is 0 Å². The lowest BCUT2D eigenvalue weighted by molar-refractivity contribution is 0.391. The van der Waals surface area contributed by atoms with Gasteiger partial charge in [0.2, 0.25) is 0 Å². The van der Waals surface area contributed by atoms with Gasteiger partial charge in [0.1, 0.15) is 0 Å². The lowest BCUT2D eigenvalue weighted by Crippen LogP contribution is -2.32. The zero-order valence-corrected chi connectivity index (χ0v) is 15.2. The van der Waals surface area contributed by atoms with Crippen molar-refractivity contribution in [1.82, 2.24) is 25.9 Å². The maximum Gasteiger partial charge on any atom is 0.0806 e. The summed E-state index contributed by atoms with van der Waals surface area (Å²) >= 11 is 0. The highest BCUT2D eigenvalue weighted by Crippen LogP contribution is 2.25. The molecule has 0 atom stereocenters. The average Bonchev–Trinajstić information content (AvgIpc) is 2.61. The lowest BCUT2D eigenvalue weighted by Gasteiger charge is -2.29.